The summed E-state index contributed by atoms with van der Waals surface area (Å²) in [5.74, 6) is -0.0824. The van der Waals surface area contributed by atoms with Gasteiger partial charge in [-0.05, 0) is 18.4 Å². The first-order valence-corrected chi connectivity index (χ1v) is 5.52. The van der Waals surface area contributed by atoms with Crippen molar-refractivity contribution in [1.82, 2.24) is 0 Å². The van der Waals surface area contributed by atoms with E-state index in [1.807, 2.05) is 30.3 Å². The summed E-state index contributed by atoms with van der Waals surface area (Å²) in [7, 11) is 0. The van der Waals surface area contributed by atoms with Crippen molar-refractivity contribution in [3.8, 4) is 5.75 Å². The fourth-order valence-corrected chi connectivity index (χ4v) is 1.70. The van der Waals surface area contributed by atoms with Crippen LogP contribution in [0, 0.1) is 0 Å². The maximum absolute atomic E-state index is 11.5. The van der Waals surface area contributed by atoms with E-state index in [9.17, 15) is 4.79 Å². The van der Waals surface area contributed by atoms with Crippen LogP contribution in [0.5, 0.6) is 5.75 Å². The van der Waals surface area contributed by atoms with Gasteiger partial charge in [-0.3, -0.25) is 0 Å². The topological polar surface area (TPSA) is 26.3 Å². The van der Waals surface area contributed by atoms with E-state index in [1.165, 1.54) is 0 Å². The van der Waals surface area contributed by atoms with Gasteiger partial charge >= 0.3 is 5.97 Å². The van der Waals surface area contributed by atoms with Gasteiger partial charge in [-0.1, -0.05) is 48.5 Å². The van der Waals surface area contributed by atoms with E-state index in [1.54, 1.807) is 13.0 Å². The minimum absolute atomic E-state index is 0.342. The van der Waals surface area contributed by atoms with E-state index < -0.39 is 5.97 Å². The Bertz CT molecular complexity index is 602. The summed E-state index contributed by atoms with van der Waals surface area (Å²) in [5.41, 5.74) is 0.342. The maximum Gasteiger partial charge on any atom is 0.338 e. The number of halogens is 1. The number of esters is 1. The molecule has 0 aliphatic carbocycles. The summed E-state index contributed by atoms with van der Waals surface area (Å²) in [4.78, 5) is 11.5. The van der Waals surface area contributed by atoms with Gasteiger partial charge in [0.2, 0.25) is 0 Å². The van der Waals surface area contributed by atoms with Gasteiger partial charge in [0, 0.05) is 11.0 Å². The summed E-state index contributed by atoms with van der Waals surface area (Å²) in [6.45, 7) is 5.14. The van der Waals surface area contributed by atoms with Crippen molar-refractivity contribution in [2.75, 3.05) is 0 Å². The lowest BCUT2D eigenvalue weighted by atomic mass is 10.1. The van der Waals surface area contributed by atoms with Gasteiger partial charge in [-0.15, -0.1) is 0 Å². The molecule has 2 aromatic carbocycles. The Morgan fingerprint density at radius 1 is 1.24 bits per heavy atom. The highest BCUT2D eigenvalue weighted by Crippen LogP contribution is 2.33. The average Bonchev–Trinajstić information content (AvgIpc) is 2.32. The molecule has 0 aliphatic heterocycles. The molecule has 0 N–H and O–H groups in total. The predicted octanol–water partition coefficient (Wildman–Crippen LogP) is 3.97. The highest BCUT2D eigenvalue weighted by molar-refractivity contribution is 6.33. The zero-order valence-electron chi connectivity index (χ0n) is 9.37. The van der Waals surface area contributed by atoms with Gasteiger partial charge in [-0.2, -0.15) is 0 Å². The summed E-state index contributed by atoms with van der Waals surface area (Å²) in [6, 6.07) is 11.2. The molecule has 3 heteroatoms. The highest BCUT2D eigenvalue weighted by Gasteiger charge is 2.12. The van der Waals surface area contributed by atoms with Crippen molar-refractivity contribution in [2.45, 2.75) is 6.92 Å². The molecular formula is C14H11ClO2. The number of hydrogen-bond donors (Lipinski definition) is 0. The van der Waals surface area contributed by atoms with E-state index in [-0.39, 0.29) is 0 Å². The molecule has 0 fully saturated rings. The number of ether oxygens (including phenoxy) is 1. The average molecular weight is 247 g/mol. The first-order chi connectivity index (χ1) is 8.09. The monoisotopic (exact) mass is 246 g/mol. The van der Waals surface area contributed by atoms with Gasteiger partial charge in [0.25, 0.3) is 0 Å². The third kappa shape index (κ3) is 2.32. The van der Waals surface area contributed by atoms with Crippen LogP contribution in [0.15, 0.2) is 48.6 Å². The second-order valence-corrected chi connectivity index (χ2v) is 4.17. The van der Waals surface area contributed by atoms with E-state index >= 15 is 0 Å². The van der Waals surface area contributed by atoms with Gasteiger partial charge in [-0.25, -0.2) is 4.79 Å². The zero-order chi connectivity index (χ0) is 12.4. The molecule has 0 heterocycles. The molecule has 0 bridgehead atoms. The van der Waals surface area contributed by atoms with E-state index in [0.717, 1.165) is 10.8 Å². The summed E-state index contributed by atoms with van der Waals surface area (Å²) >= 11 is 6.05. The molecule has 2 nitrogen and oxygen atoms in total. The zero-order valence-corrected chi connectivity index (χ0v) is 10.1. The molecule has 0 amide bonds. The third-order valence-corrected chi connectivity index (χ3v) is 2.67. The van der Waals surface area contributed by atoms with Crippen molar-refractivity contribution in [3.63, 3.8) is 0 Å². The lowest BCUT2D eigenvalue weighted by molar-refractivity contribution is -0.129. The van der Waals surface area contributed by atoms with Crippen molar-refractivity contribution in [2.24, 2.45) is 0 Å². The van der Waals surface area contributed by atoms with Crippen LogP contribution in [0.25, 0.3) is 10.8 Å². The van der Waals surface area contributed by atoms with Gasteiger partial charge in [0.15, 0.2) is 5.75 Å². The molecule has 0 spiro atoms. The number of hydrogen-bond acceptors (Lipinski definition) is 2. The summed E-state index contributed by atoms with van der Waals surface area (Å²) in [6.07, 6.45) is 0. The first-order valence-electron chi connectivity index (χ1n) is 5.14. The van der Waals surface area contributed by atoms with Crippen molar-refractivity contribution in [1.29, 1.82) is 0 Å². The molecule has 0 atom stereocenters. The maximum atomic E-state index is 11.5. The van der Waals surface area contributed by atoms with Crippen LogP contribution in [0.4, 0.5) is 0 Å². The molecule has 86 valence electrons. The minimum atomic E-state index is -0.469. The molecule has 0 unspecified atom stereocenters. The second-order valence-electron chi connectivity index (χ2n) is 3.77. The van der Waals surface area contributed by atoms with E-state index in [2.05, 4.69) is 6.58 Å². The van der Waals surface area contributed by atoms with Crippen molar-refractivity contribution < 1.29 is 9.53 Å². The van der Waals surface area contributed by atoms with Crippen LogP contribution in [0.3, 0.4) is 0 Å². The molecule has 2 rings (SSSR count). The Labute approximate surface area is 104 Å². The van der Waals surface area contributed by atoms with Crippen LogP contribution >= 0.6 is 11.6 Å². The molecule has 0 saturated carbocycles. The number of rotatable bonds is 2. The normalized spacial score (nSPS) is 10.2. The molecule has 17 heavy (non-hydrogen) atoms. The van der Waals surface area contributed by atoms with Crippen molar-refractivity contribution >= 4 is 28.3 Å². The minimum Gasteiger partial charge on any atom is -0.421 e. The Morgan fingerprint density at radius 2 is 1.94 bits per heavy atom. The van der Waals surface area contributed by atoms with Crippen molar-refractivity contribution in [3.05, 3.63) is 53.6 Å². The number of fused-ring (bicyclic) bond motifs is 1. The highest BCUT2D eigenvalue weighted by atomic mass is 35.5. The van der Waals surface area contributed by atoms with E-state index in [0.29, 0.717) is 16.3 Å². The standard InChI is InChI=1S/C14H11ClO2/c1-9(2)14(16)17-13-11-6-4-3-5-10(11)7-8-12(13)15/h3-8H,1H2,2H3. The smallest absolute Gasteiger partial charge is 0.338 e. The van der Waals surface area contributed by atoms with Crippen LogP contribution in [0.1, 0.15) is 6.92 Å². The SMILES string of the molecule is C=C(C)C(=O)Oc1c(Cl)ccc2ccccc12. The van der Waals surface area contributed by atoms with Crippen LogP contribution < -0.4 is 4.74 Å². The number of carbonyl (C=O) groups is 1. The molecule has 0 saturated heterocycles. The van der Waals surface area contributed by atoms with E-state index in [4.69, 9.17) is 16.3 Å². The van der Waals surface area contributed by atoms with Crippen LogP contribution in [0.2, 0.25) is 5.02 Å². The van der Waals surface area contributed by atoms with Crippen LogP contribution in [-0.4, -0.2) is 5.97 Å². The summed E-state index contributed by atoms with van der Waals surface area (Å²) < 4.78 is 5.25. The predicted molar refractivity (Wildman–Crippen MR) is 69.4 cm³/mol. The molecule has 0 aromatic heterocycles. The molecule has 2 aromatic rings. The number of carbonyl (C=O) groups excluding carboxylic acids is 1. The first kappa shape index (κ1) is 11.7. The fraction of sp³-hybridized carbons (Fsp3) is 0.0714. The van der Waals surface area contributed by atoms with Gasteiger partial charge in [0.1, 0.15) is 0 Å². The third-order valence-electron chi connectivity index (χ3n) is 2.37. The Morgan fingerprint density at radius 3 is 2.65 bits per heavy atom. The molecular weight excluding hydrogens is 236 g/mol. The summed E-state index contributed by atoms with van der Waals surface area (Å²) in [5, 5.41) is 2.20. The molecule has 0 radical (unpaired) electrons. The molecule has 0 aliphatic rings. The lowest BCUT2D eigenvalue weighted by Gasteiger charge is -2.09. The van der Waals surface area contributed by atoms with Gasteiger partial charge < -0.3 is 4.74 Å². The number of benzene rings is 2. The second kappa shape index (κ2) is 4.60. The van der Waals surface area contributed by atoms with Gasteiger partial charge in [0.05, 0.1) is 5.02 Å². The largest absolute Gasteiger partial charge is 0.421 e. The van der Waals surface area contributed by atoms with Crippen LogP contribution in [-0.2, 0) is 4.79 Å². The Kier molecular flexibility index (Phi) is 3.16. The quantitative estimate of drug-likeness (QED) is 0.455. The Balaban J connectivity index is 2.55. The lowest BCUT2D eigenvalue weighted by Crippen LogP contribution is -2.08. The Hall–Kier alpha value is -1.80. The fourth-order valence-electron chi connectivity index (χ4n) is 1.50.